The Balaban J connectivity index is 1.61. The molecule has 13 nitrogen and oxygen atoms in total. The van der Waals surface area contributed by atoms with Gasteiger partial charge in [-0.05, 0) is 46.1 Å². The predicted octanol–water partition coefficient (Wildman–Crippen LogP) is 2.96. The number of carbonyl (C=O) groups excluding carboxylic acids is 1. The van der Waals surface area contributed by atoms with Crippen LogP contribution in [0.1, 0.15) is 33.9 Å². The number of para-hydroxylation sites is 1. The molecule has 3 aromatic rings. The number of aromatic nitrogens is 4. The Labute approximate surface area is 230 Å². The summed E-state index contributed by atoms with van der Waals surface area (Å²) in [6.07, 6.45) is 0.628. The Morgan fingerprint density at radius 1 is 1.36 bits per heavy atom. The van der Waals surface area contributed by atoms with Crippen molar-refractivity contribution in [3.05, 3.63) is 36.7 Å². The molecule has 0 saturated carbocycles. The average Bonchev–Trinajstić information content (AvgIpc) is 3.42. The minimum atomic E-state index is -4.06. The van der Waals surface area contributed by atoms with Gasteiger partial charge >= 0.3 is 7.75 Å². The quantitative estimate of drug-likeness (QED) is 0.267. The molecule has 212 valence electrons. The molecule has 1 aliphatic heterocycles. The summed E-state index contributed by atoms with van der Waals surface area (Å²) in [5.74, 6) is 0.285. The molecule has 1 saturated heterocycles. The molecule has 0 spiro atoms. The first-order chi connectivity index (χ1) is 18.5. The van der Waals surface area contributed by atoms with E-state index >= 15 is 0 Å². The van der Waals surface area contributed by atoms with Gasteiger partial charge in [-0.2, -0.15) is 21.7 Å². The van der Waals surface area contributed by atoms with E-state index in [0.717, 1.165) is 0 Å². The van der Waals surface area contributed by atoms with E-state index in [1.165, 1.54) is 25.0 Å². The summed E-state index contributed by atoms with van der Waals surface area (Å²) in [6.45, 7) is 6.64. The zero-order valence-electron chi connectivity index (χ0n) is 22.3. The molecular formula is C24H33N6O7PS. The third-order valence-electron chi connectivity index (χ3n) is 6.45. The second-order valence-electron chi connectivity index (χ2n) is 9.16. The number of aliphatic hydroxyl groups excluding tert-OH is 1. The van der Waals surface area contributed by atoms with Crippen LogP contribution in [0.5, 0.6) is 11.6 Å². The van der Waals surface area contributed by atoms with E-state index in [9.17, 15) is 14.5 Å². The van der Waals surface area contributed by atoms with Gasteiger partial charge in [0, 0.05) is 0 Å². The number of anilines is 1. The lowest BCUT2D eigenvalue weighted by atomic mass is 10.0. The predicted molar refractivity (Wildman–Crippen MR) is 147 cm³/mol. The zero-order valence-corrected chi connectivity index (χ0v) is 24.0. The standard InChI is InChI=1S/C24H33N6O7PS/c1-6-34-21-18-20(27-23(25)28-21)30(13-26-18)22-24(4,39-5)19(32)17(36-22)12-35-38(33,29-14(2)15(3)31)37-16-10-8-7-9-11-16/h7-11,13-14,17,19,22,32H,6,12H2,1-5H3,(H,29,33)(H2,25,27,28)/t14-,17+,19+,22+,24+,38?/m0/s1. The Morgan fingerprint density at radius 3 is 2.72 bits per heavy atom. The van der Waals surface area contributed by atoms with Crippen LogP contribution in [0.4, 0.5) is 5.95 Å². The fraction of sp³-hybridized carbons (Fsp3) is 0.500. The molecule has 1 unspecified atom stereocenters. The third kappa shape index (κ3) is 6.06. The van der Waals surface area contributed by atoms with Gasteiger partial charge in [-0.15, -0.1) is 0 Å². The normalized spacial score (nSPS) is 25.3. The van der Waals surface area contributed by atoms with Crippen molar-refractivity contribution < 1.29 is 33.0 Å². The molecule has 3 heterocycles. The minimum absolute atomic E-state index is 0.00153. The molecular weight excluding hydrogens is 547 g/mol. The third-order valence-corrected chi connectivity index (χ3v) is 9.42. The molecule has 1 aliphatic rings. The number of fused-ring (bicyclic) bond motifs is 1. The van der Waals surface area contributed by atoms with Crippen LogP contribution < -0.4 is 20.1 Å². The van der Waals surface area contributed by atoms with Crippen molar-refractivity contribution in [2.75, 3.05) is 25.2 Å². The monoisotopic (exact) mass is 580 g/mol. The minimum Gasteiger partial charge on any atom is -0.476 e. The van der Waals surface area contributed by atoms with Gasteiger partial charge < -0.3 is 24.8 Å². The summed E-state index contributed by atoms with van der Waals surface area (Å²) in [4.78, 5) is 24.7. The Morgan fingerprint density at radius 2 is 2.08 bits per heavy atom. The summed E-state index contributed by atoms with van der Waals surface area (Å²) < 4.78 is 37.8. The first-order valence-electron chi connectivity index (χ1n) is 12.3. The molecule has 1 aromatic carbocycles. The molecule has 1 fully saturated rings. The van der Waals surface area contributed by atoms with Gasteiger partial charge in [-0.25, -0.2) is 14.6 Å². The summed E-state index contributed by atoms with van der Waals surface area (Å²) >= 11 is 1.39. The van der Waals surface area contributed by atoms with Gasteiger partial charge in [0.2, 0.25) is 11.8 Å². The number of ether oxygens (including phenoxy) is 2. The maximum absolute atomic E-state index is 13.7. The van der Waals surface area contributed by atoms with Crippen molar-refractivity contribution in [2.24, 2.45) is 0 Å². The molecule has 39 heavy (non-hydrogen) atoms. The van der Waals surface area contributed by atoms with Crippen molar-refractivity contribution in [1.29, 1.82) is 0 Å². The molecule has 0 amide bonds. The van der Waals surface area contributed by atoms with E-state index < -0.39 is 37.0 Å². The number of nitrogens with one attached hydrogen (secondary N) is 1. The molecule has 0 radical (unpaired) electrons. The number of imidazole rings is 1. The highest BCUT2D eigenvalue weighted by Crippen LogP contribution is 2.50. The molecule has 15 heteroatoms. The number of carbonyl (C=O) groups is 1. The van der Waals surface area contributed by atoms with Crippen LogP contribution in [0, 0.1) is 0 Å². The Hall–Kier alpha value is -2.74. The SMILES string of the molecule is CCOc1nc(N)nc2c1ncn2[C@@H]1O[C@H](COP(=O)(N[C@@H](C)C(C)=O)Oc2ccccc2)[C@@H](O)[C@@]1(C)SC. The lowest BCUT2D eigenvalue weighted by Gasteiger charge is -2.31. The molecule has 4 N–H and O–H groups in total. The van der Waals surface area contributed by atoms with Crippen LogP contribution in [0.3, 0.4) is 0 Å². The Bertz CT molecular complexity index is 1360. The van der Waals surface area contributed by atoms with Crippen LogP contribution >= 0.6 is 19.5 Å². The van der Waals surface area contributed by atoms with Crippen molar-refractivity contribution >= 4 is 42.4 Å². The first kappa shape index (κ1) is 29.2. The molecule has 0 bridgehead atoms. The van der Waals surface area contributed by atoms with E-state index in [0.29, 0.717) is 17.8 Å². The van der Waals surface area contributed by atoms with Gasteiger partial charge in [-0.1, -0.05) is 18.2 Å². The van der Waals surface area contributed by atoms with Crippen molar-refractivity contribution in [1.82, 2.24) is 24.6 Å². The zero-order chi connectivity index (χ0) is 28.4. The number of rotatable bonds is 12. The molecule has 4 rings (SSSR count). The van der Waals surface area contributed by atoms with Gasteiger partial charge in [0.15, 0.2) is 17.4 Å². The second-order valence-corrected chi connectivity index (χ2v) is 12.1. The highest BCUT2D eigenvalue weighted by Gasteiger charge is 2.55. The number of nitrogens with zero attached hydrogens (tertiary/aromatic N) is 4. The van der Waals surface area contributed by atoms with Crippen molar-refractivity contribution in [3.8, 4) is 11.6 Å². The van der Waals surface area contributed by atoms with E-state index in [-0.39, 0.29) is 30.0 Å². The summed E-state index contributed by atoms with van der Waals surface area (Å²) in [5.41, 5.74) is 6.70. The topological polar surface area (TPSA) is 173 Å². The number of nitrogens with two attached hydrogens (primary N) is 1. The number of ketones is 1. The summed E-state index contributed by atoms with van der Waals surface area (Å²) in [7, 11) is -4.06. The van der Waals surface area contributed by atoms with Gasteiger partial charge in [0.1, 0.15) is 23.7 Å². The molecule has 0 aliphatic carbocycles. The number of thioether (sulfide) groups is 1. The number of nitrogen functional groups attached to an aromatic ring is 1. The fourth-order valence-electron chi connectivity index (χ4n) is 4.11. The maximum Gasteiger partial charge on any atom is 0.459 e. The van der Waals surface area contributed by atoms with E-state index in [4.69, 9.17) is 24.3 Å². The number of aliphatic hydroxyl groups is 1. The van der Waals surface area contributed by atoms with E-state index in [1.54, 1.807) is 41.8 Å². The maximum atomic E-state index is 13.7. The van der Waals surface area contributed by atoms with Gasteiger partial charge in [-0.3, -0.25) is 13.9 Å². The van der Waals surface area contributed by atoms with Crippen LogP contribution in [-0.4, -0.2) is 72.9 Å². The lowest BCUT2D eigenvalue weighted by Crippen LogP contribution is -2.42. The lowest BCUT2D eigenvalue weighted by molar-refractivity contribution is -0.118. The molecule has 2 aromatic heterocycles. The smallest absolute Gasteiger partial charge is 0.459 e. The second kappa shape index (κ2) is 11.8. The molecule has 6 atom stereocenters. The average molecular weight is 581 g/mol. The van der Waals surface area contributed by atoms with Crippen LogP contribution in [-0.2, 0) is 18.6 Å². The highest BCUT2D eigenvalue weighted by atomic mass is 32.2. The first-order valence-corrected chi connectivity index (χ1v) is 15.1. The number of Topliss-reactive ketones (excluding diaryl/α,β-unsaturated/α-hetero) is 1. The van der Waals surface area contributed by atoms with Gasteiger partial charge in [0.25, 0.3) is 0 Å². The van der Waals surface area contributed by atoms with Crippen LogP contribution in [0.2, 0.25) is 0 Å². The Kier molecular flexibility index (Phi) is 8.84. The van der Waals surface area contributed by atoms with Crippen molar-refractivity contribution in [2.45, 2.75) is 56.9 Å². The van der Waals surface area contributed by atoms with Crippen LogP contribution in [0.25, 0.3) is 11.2 Å². The largest absolute Gasteiger partial charge is 0.476 e. The van der Waals surface area contributed by atoms with Gasteiger partial charge in [0.05, 0.1) is 30.3 Å². The van der Waals surface area contributed by atoms with Crippen LogP contribution in [0.15, 0.2) is 36.7 Å². The number of hydrogen-bond acceptors (Lipinski definition) is 12. The number of benzene rings is 1. The number of hydrogen-bond donors (Lipinski definition) is 3. The van der Waals surface area contributed by atoms with E-state index in [2.05, 4.69) is 20.0 Å². The summed E-state index contributed by atoms with van der Waals surface area (Å²) in [6, 6.07) is 7.65. The summed E-state index contributed by atoms with van der Waals surface area (Å²) in [5, 5.41) is 14.0. The highest BCUT2D eigenvalue weighted by molar-refractivity contribution is 8.00. The van der Waals surface area contributed by atoms with E-state index in [1.807, 2.05) is 20.1 Å². The van der Waals surface area contributed by atoms with Crippen molar-refractivity contribution in [3.63, 3.8) is 0 Å². The fourth-order valence-corrected chi connectivity index (χ4v) is 6.45.